The predicted molar refractivity (Wildman–Crippen MR) is 138 cm³/mol. The van der Waals surface area contributed by atoms with E-state index in [-0.39, 0.29) is 12.5 Å². The van der Waals surface area contributed by atoms with Gasteiger partial charge in [0.15, 0.2) is 0 Å². The molecule has 0 aliphatic carbocycles. The molecule has 0 bridgehead atoms. The van der Waals surface area contributed by atoms with Crippen molar-refractivity contribution in [3.63, 3.8) is 0 Å². The molecular weight excluding hydrogens is 531 g/mol. The first-order valence-electron chi connectivity index (χ1n) is 11.0. The highest BCUT2D eigenvalue weighted by atomic mass is 127. The van der Waals surface area contributed by atoms with Crippen LogP contribution in [0.4, 0.5) is 5.69 Å². The van der Waals surface area contributed by atoms with Gasteiger partial charge in [-0.3, -0.25) is 9.48 Å². The lowest BCUT2D eigenvalue weighted by Gasteiger charge is -2.36. The summed E-state index contributed by atoms with van der Waals surface area (Å²) in [5, 5.41) is 4.77. The summed E-state index contributed by atoms with van der Waals surface area (Å²) in [6, 6.07) is 14.1. The number of carbonyl (C=O) groups excluding carboxylic acids is 1. The van der Waals surface area contributed by atoms with E-state index in [9.17, 15) is 4.79 Å². The Kier molecular flexibility index (Phi) is 7.11. The van der Waals surface area contributed by atoms with Crippen molar-refractivity contribution >= 4 is 34.2 Å². The van der Waals surface area contributed by atoms with E-state index in [4.69, 9.17) is 14.6 Å². The monoisotopic (exact) mass is 560 g/mol. The Hall–Kier alpha value is -2.75. The normalized spacial score (nSPS) is 13.8. The molecular formula is C25H29IN4O3. The van der Waals surface area contributed by atoms with E-state index >= 15 is 0 Å². The van der Waals surface area contributed by atoms with E-state index in [1.165, 1.54) is 0 Å². The lowest BCUT2D eigenvalue weighted by Crippen LogP contribution is -2.49. The zero-order valence-electron chi connectivity index (χ0n) is 19.5. The Bertz CT molecular complexity index is 1150. The Morgan fingerprint density at radius 2 is 1.79 bits per heavy atom. The molecule has 0 radical (unpaired) electrons. The van der Waals surface area contributed by atoms with E-state index in [0.717, 1.165) is 56.4 Å². The fraction of sp³-hybridized carbons (Fsp3) is 0.360. The molecule has 4 rings (SSSR count). The van der Waals surface area contributed by atoms with Crippen LogP contribution in [0.3, 0.4) is 0 Å². The standard InChI is InChI=1S/C25H29IN4O3/c1-17-18(2)30(27-25(17)19-6-5-7-21(14-19)32-3)16-24(31)29-12-10-28(11-13-29)20-8-9-22(26)23(15-20)33-4/h5-9,14-15H,10-13,16H2,1-4H3. The topological polar surface area (TPSA) is 59.8 Å². The van der Waals surface area contributed by atoms with Gasteiger partial charge >= 0.3 is 0 Å². The number of hydrogen-bond acceptors (Lipinski definition) is 5. The van der Waals surface area contributed by atoms with Crippen LogP contribution in [-0.4, -0.2) is 61.0 Å². The largest absolute Gasteiger partial charge is 0.497 e. The zero-order chi connectivity index (χ0) is 23.5. The predicted octanol–water partition coefficient (Wildman–Crippen LogP) is 4.14. The second kappa shape index (κ2) is 10.0. The number of halogens is 1. The molecule has 1 amide bonds. The van der Waals surface area contributed by atoms with Gasteiger partial charge in [0, 0.05) is 49.2 Å². The molecule has 0 N–H and O–H groups in total. The van der Waals surface area contributed by atoms with Gasteiger partial charge in [0.05, 0.1) is 23.5 Å². The van der Waals surface area contributed by atoms with Crippen molar-refractivity contribution in [2.24, 2.45) is 0 Å². The van der Waals surface area contributed by atoms with E-state index in [1.54, 1.807) is 14.2 Å². The maximum atomic E-state index is 13.1. The van der Waals surface area contributed by atoms with Gasteiger partial charge in [0.2, 0.25) is 5.91 Å². The molecule has 0 unspecified atom stereocenters. The van der Waals surface area contributed by atoms with E-state index in [2.05, 4.69) is 45.7 Å². The third-order valence-corrected chi connectivity index (χ3v) is 7.16. The molecule has 7 nitrogen and oxygen atoms in total. The van der Waals surface area contributed by atoms with Crippen LogP contribution in [0.1, 0.15) is 11.3 Å². The summed E-state index contributed by atoms with van der Waals surface area (Å²) >= 11 is 2.27. The first-order chi connectivity index (χ1) is 15.9. The van der Waals surface area contributed by atoms with Crippen LogP contribution in [0, 0.1) is 17.4 Å². The Morgan fingerprint density at radius 1 is 1.03 bits per heavy atom. The Balaban J connectivity index is 1.42. The number of rotatable bonds is 6. The average Bonchev–Trinajstić information content (AvgIpc) is 3.13. The number of carbonyl (C=O) groups is 1. The minimum absolute atomic E-state index is 0.0950. The molecule has 1 saturated heterocycles. The number of benzene rings is 2. The van der Waals surface area contributed by atoms with Crippen LogP contribution in [0.25, 0.3) is 11.3 Å². The highest BCUT2D eigenvalue weighted by Gasteiger charge is 2.23. The second-order valence-corrected chi connectivity index (χ2v) is 9.30. The van der Waals surface area contributed by atoms with Crippen LogP contribution in [0.5, 0.6) is 11.5 Å². The number of anilines is 1. The summed E-state index contributed by atoms with van der Waals surface area (Å²) in [5.74, 6) is 1.76. The van der Waals surface area contributed by atoms with Crippen molar-refractivity contribution in [3.05, 3.63) is 57.3 Å². The lowest BCUT2D eigenvalue weighted by atomic mass is 10.1. The highest BCUT2D eigenvalue weighted by Crippen LogP contribution is 2.29. The molecule has 0 spiro atoms. The van der Waals surface area contributed by atoms with Gasteiger partial charge < -0.3 is 19.3 Å². The van der Waals surface area contributed by atoms with Gasteiger partial charge in [-0.15, -0.1) is 0 Å². The first kappa shape index (κ1) is 23.4. The number of ether oxygens (including phenoxy) is 2. The molecule has 33 heavy (non-hydrogen) atoms. The van der Waals surface area contributed by atoms with Crippen molar-refractivity contribution < 1.29 is 14.3 Å². The fourth-order valence-electron chi connectivity index (χ4n) is 4.12. The van der Waals surface area contributed by atoms with Crippen molar-refractivity contribution in [3.8, 4) is 22.8 Å². The van der Waals surface area contributed by atoms with Crippen molar-refractivity contribution in [2.75, 3.05) is 45.3 Å². The molecule has 3 aromatic rings. The summed E-state index contributed by atoms with van der Waals surface area (Å²) in [5.41, 5.74) is 5.08. The molecule has 2 heterocycles. The number of methoxy groups -OCH3 is 2. The van der Waals surface area contributed by atoms with Gasteiger partial charge in [-0.25, -0.2) is 0 Å². The highest BCUT2D eigenvalue weighted by molar-refractivity contribution is 14.1. The Morgan fingerprint density at radius 3 is 2.48 bits per heavy atom. The Labute approximate surface area is 208 Å². The number of hydrogen-bond donors (Lipinski definition) is 0. The van der Waals surface area contributed by atoms with Crippen LogP contribution >= 0.6 is 22.6 Å². The second-order valence-electron chi connectivity index (χ2n) is 8.14. The zero-order valence-corrected chi connectivity index (χ0v) is 21.6. The molecule has 1 aliphatic heterocycles. The maximum Gasteiger partial charge on any atom is 0.244 e. The number of piperazine rings is 1. The quantitative estimate of drug-likeness (QED) is 0.425. The number of aromatic nitrogens is 2. The summed E-state index contributed by atoms with van der Waals surface area (Å²) in [6.45, 7) is 7.27. The molecule has 1 fully saturated rings. The molecule has 8 heteroatoms. The maximum absolute atomic E-state index is 13.1. The summed E-state index contributed by atoms with van der Waals surface area (Å²) < 4.78 is 13.7. The van der Waals surface area contributed by atoms with Crippen LogP contribution in [0.15, 0.2) is 42.5 Å². The van der Waals surface area contributed by atoms with E-state index < -0.39 is 0 Å². The third-order valence-electron chi connectivity index (χ3n) is 6.27. The third kappa shape index (κ3) is 4.95. The molecule has 1 aliphatic rings. The summed E-state index contributed by atoms with van der Waals surface area (Å²) in [6.07, 6.45) is 0. The van der Waals surface area contributed by atoms with Crippen LogP contribution in [-0.2, 0) is 11.3 Å². The molecule has 1 aromatic heterocycles. The van der Waals surface area contributed by atoms with Crippen molar-refractivity contribution in [2.45, 2.75) is 20.4 Å². The smallest absolute Gasteiger partial charge is 0.244 e. The summed E-state index contributed by atoms with van der Waals surface area (Å²) in [7, 11) is 3.35. The van der Waals surface area contributed by atoms with Crippen molar-refractivity contribution in [1.29, 1.82) is 0 Å². The molecule has 0 atom stereocenters. The van der Waals surface area contributed by atoms with E-state index in [0.29, 0.717) is 13.1 Å². The van der Waals surface area contributed by atoms with Crippen molar-refractivity contribution in [1.82, 2.24) is 14.7 Å². The minimum atomic E-state index is 0.0950. The number of nitrogens with zero attached hydrogens (tertiary/aromatic N) is 4. The first-order valence-corrected chi connectivity index (χ1v) is 12.0. The summed E-state index contributed by atoms with van der Waals surface area (Å²) in [4.78, 5) is 17.3. The van der Waals surface area contributed by atoms with Crippen LogP contribution < -0.4 is 14.4 Å². The minimum Gasteiger partial charge on any atom is -0.497 e. The fourth-order valence-corrected chi connectivity index (χ4v) is 4.68. The molecule has 0 saturated carbocycles. The number of amides is 1. The van der Waals surface area contributed by atoms with E-state index in [1.807, 2.05) is 47.7 Å². The van der Waals surface area contributed by atoms with Gasteiger partial charge in [-0.1, -0.05) is 12.1 Å². The lowest BCUT2D eigenvalue weighted by molar-refractivity contribution is -0.132. The van der Waals surface area contributed by atoms with Gasteiger partial charge in [-0.2, -0.15) is 5.10 Å². The van der Waals surface area contributed by atoms with Gasteiger partial charge in [-0.05, 0) is 66.3 Å². The SMILES string of the molecule is COc1cccc(-c2nn(CC(=O)N3CCN(c4ccc(I)c(OC)c4)CC3)c(C)c2C)c1. The molecule has 2 aromatic carbocycles. The molecule has 174 valence electrons. The average molecular weight is 560 g/mol. The van der Waals surface area contributed by atoms with Crippen LogP contribution in [0.2, 0.25) is 0 Å². The van der Waals surface area contributed by atoms with Gasteiger partial charge in [0.1, 0.15) is 18.0 Å². The van der Waals surface area contributed by atoms with Gasteiger partial charge in [0.25, 0.3) is 0 Å².